The van der Waals surface area contributed by atoms with Gasteiger partial charge in [0, 0.05) is 33.3 Å². The quantitative estimate of drug-likeness (QED) is 0.522. The number of nitrogens with zero attached hydrogens (tertiary/aromatic N) is 2. The molecule has 0 atom stereocenters. The molecular formula is C19H16BrFN2. The van der Waals surface area contributed by atoms with Crippen LogP contribution in [-0.2, 0) is 0 Å². The Balaban J connectivity index is 1.98. The minimum absolute atomic E-state index is 0.230. The maximum absolute atomic E-state index is 13.1. The van der Waals surface area contributed by atoms with Crippen molar-refractivity contribution in [2.45, 2.75) is 13.8 Å². The molecule has 0 spiro atoms. The molecule has 0 saturated carbocycles. The molecule has 2 aromatic carbocycles. The minimum Gasteiger partial charge on any atom is -0.318 e. The van der Waals surface area contributed by atoms with Crippen LogP contribution < -0.4 is 0 Å². The Morgan fingerprint density at radius 3 is 2.43 bits per heavy atom. The summed E-state index contributed by atoms with van der Waals surface area (Å²) in [5.41, 5.74) is 5.04. The van der Waals surface area contributed by atoms with Crippen LogP contribution in [-0.4, -0.2) is 10.8 Å². The molecule has 0 fully saturated rings. The van der Waals surface area contributed by atoms with Gasteiger partial charge in [0.1, 0.15) is 5.82 Å². The zero-order valence-corrected chi connectivity index (χ0v) is 14.5. The first-order valence-electron chi connectivity index (χ1n) is 7.30. The Labute approximate surface area is 143 Å². The largest absolute Gasteiger partial charge is 0.318 e. The molecule has 3 aromatic rings. The van der Waals surface area contributed by atoms with Crippen LogP contribution in [0.5, 0.6) is 0 Å². The van der Waals surface area contributed by atoms with E-state index in [1.807, 2.05) is 44.3 Å². The van der Waals surface area contributed by atoms with E-state index in [-0.39, 0.29) is 5.82 Å². The zero-order chi connectivity index (χ0) is 16.4. The summed E-state index contributed by atoms with van der Waals surface area (Å²) >= 11 is 3.50. The van der Waals surface area contributed by atoms with E-state index in [1.165, 1.54) is 12.1 Å². The first-order valence-corrected chi connectivity index (χ1v) is 8.09. The van der Waals surface area contributed by atoms with Crippen molar-refractivity contribution in [3.63, 3.8) is 0 Å². The van der Waals surface area contributed by atoms with Gasteiger partial charge in [0.2, 0.25) is 0 Å². The molecule has 4 heteroatoms. The van der Waals surface area contributed by atoms with Gasteiger partial charge in [0.15, 0.2) is 0 Å². The molecule has 0 saturated heterocycles. The summed E-state index contributed by atoms with van der Waals surface area (Å²) in [4.78, 5) is 4.55. The topological polar surface area (TPSA) is 17.3 Å². The zero-order valence-electron chi connectivity index (χ0n) is 12.9. The average Bonchev–Trinajstić information content (AvgIpc) is 2.82. The van der Waals surface area contributed by atoms with E-state index < -0.39 is 0 Å². The van der Waals surface area contributed by atoms with Crippen LogP contribution in [0.1, 0.15) is 17.0 Å². The molecule has 0 N–H and O–H groups in total. The number of benzene rings is 2. The molecular weight excluding hydrogens is 355 g/mol. The van der Waals surface area contributed by atoms with Gasteiger partial charge in [-0.3, -0.25) is 4.99 Å². The van der Waals surface area contributed by atoms with E-state index in [9.17, 15) is 4.39 Å². The van der Waals surface area contributed by atoms with Gasteiger partial charge in [-0.05, 0) is 72.2 Å². The van der Waals surface area contributed by atoms with Gasteiger partial charge < -0.3 is 4.57 Å². The van der Waals surface area contributed by atoms with Crippen molar-refractivity contribution >= 4 is 27.8 Å². The summed E-state index contributed by atoms with van der Waals surface area (Å²) < 4.78 is 16.2. The van der Waals surface area contributed by atoms with Crippen LogP contribution in [0.2, 0.25) is 0 Å². The lowest BCUT2D eigenvalue weighted by Gasteiger charge is -2.09. The molecule has 23 heavy (non-hydrogen) atoms. The van der Waals surface area contributed by atoms with Crippen LogP contribution in [0.4, 0.5) is 10.1 Å². The van der Waals surface area contributed by atoms with Gasteiger partial charge in [0.25, 0.3) is 0 Å². The molecule has 116 valence electrons. The summed E-state index contributed by atoms with van der Waals surface area (Å²) in [6, 6.07) is 16.4. The van der Waals surface area contributed by atoms with Crippen molar-refractivity contribution in [2.75, 3.05) is 0 Å². The Morgan fingerprint density at radius 2 is 1.74 bits per heavy atom. The van der Waals surface area contributed by atoms with E-state index in [1.54, 1.807) is 12.1 Å². The number of halogens is 2. The Bertz CT molecular complexity index is 864. The predicted octanol–water partition coefficient (Wildman–Crippen LogP) is 5.75. The number of aliphatic imine (C=N–C) groups is 1. The number of hydrogen-bond donors (Lipinski definition) is 0. The lowest BCUT2D eigenvalue weighted by molar-refractivity contribution is 0.627. The maximum Gasteiger partial charge on any atom is 0.123 e. The molecule has 0 aliphatic rings. The SMILES string of the molecule is Cc1cc(C=Nc2ccccc2Br)c(C)n1-c1ccc(F)cc1. The fourth-order valence-electron chi connectivity index (χ4n) is 2.60. The van der Waals surface area contributed by atoms with E-state index >= 15 is 0 Å². The second-order valence-electron chi connectivity index (χ2n) is 5.35. The van der Waals surface area contributed by atoms with Crippen LogP contribution in [0.15, 0.2) is 64.1 Å². The normalized spacial score (nSPS) is 11.3. The molecule has 0 bridgehead atoms. The summed E-state index contributed by atoms with van der Waals surface area (Å²) in [6.45, 7) is 4.07. The Kier molecular flexibility index (Phi) is 4.44. The minimum atomic E-state index is -0.230. The van der Waals surface area contributed by atoms with E-state index in [2.05, 4.69) is 31.6 Å². The van der Waals surface area contributed by atoms with Crippen LogP contribution in [0.25, 0.3) is 5.69 Å². The number of hydrogen-bond acceptors (Lipinski definition) is 1. The van der Waals surface area contributed by atoms with Gasteiger partial charge in [-0.15, -0.1) is 0 Å². The van der Waals surface area contributed by atoms with Gasteiger partial charge in [-0.1, -0.05) is 12.1 Å². The third-order valence-corrected chi connectivity index (χ3v) is 4.42. The van der Waals surface area contributed by atoms with Crippen LogP contribution >= 0.6 is 15.9 Å². The molecule has 0 radical (unpaired) electrons. The van der Waals surface area contributed by atoms with Crippen molar-refractivity contribution in [2.24, 2.45) is 4.99 Å². The maximum atomic E-state index is 13.1. The fourth-order valence-corrected chi connectivity index (χ4v) is 2.99. The smallest absolute Gasteiger partial charge is 0.123 e. The third-order valence-electron chi connectivity index (χ3n) is 3.75. The molecule has 0 amide bonds. The predicted molar refractivity (Wildman–Crippen MR) is 96.6 cm³/mol. The molecule has 0 aliphatic carbocycles. The van der Waals surface area contributed by atoms with Crippen LogP contribution in [0.3, 0.4) is 0 Å². The van der Waals surface area contributed by atoms with Crippen molar-refractivity contribution in [1.82, 2.24) is 4.57 Å². The van der Waals surface area contributed by atoms with Crippen molar-refractivity contribution in [1.29, 1.82) is 0 Å². The Morgan fingerprint density at radius 1 is 1.04 bits per heavy atom. The number of aryl methyl sites for hydroxylation is 1. The van der Waals surface area contributed by atoms with E-state index in [0.717, 1.165) is 32.8 Å². The summed E-state index contributed by atoms with van der Waals surface area (Å²) in [5, 5.41) is 0. The summed E-state index contributed by atoms with van der Waals surface area (Å²) in [6.07, 6.45) is 1.86. The number of aromatic nitrogens is 1. The Hall–Kier alpha value is -2.20. The number of rotatable bonds is 3. The molecule has 2 nitrogen and oxygen atoms in total. The molecule has 1 heterocycles. The number of para-hydroxylation sites is 1. The fraction of sp³-hybridized carbons (Fsp3) is 0.105. The molecule has 1 aromatic heterocycles. The van der Waals surface area contributed by atoms with Gasteiger partial charge in [-0.25, -0.2) is 4.39 Å². The lowest BCUT2D eigenvalue weighted by Crippen LogP contribution is -1.99. The van der Waals surface area contributed by atoms with E-state index in [4.69, 9.17) is 0 Å². The second kappa shape index (κ2) is 6.50. The van der Waals surface area contributed by atoms with Gasteiger partial charge >= 0.3 is 0 Å². The van der Waals surface area contributed by atoms with Crippen molar-refractivity contribution in [3.05, 3.63) is 81.8 Å². The lowest BCUT2D eigenvalue weighted by atomic mass is 10.2. The summed E-state index contributed by atoms with van der Waals surface area (Å²) in [5.74, 6) is -0.230. The van der Waals surface area contributed by atoms with Crippen molar-refractivity contribution < 1.29 is 4.39 Å². The third kappa shape index (κ3) is 3.27. The second-order valence-corrected chi connectivity index (χ2v) is 6.20. The van der Waals surface area contributed by atoms with Gasteiger partial charge in [0.05, 0.1) is 5.69 Å². The standard InChI is InChI=1S/C19H16BrFN2/c1-13-11-15(12-22-19-6-4-3-5-18(19)20)14(2)23(13)17-9-7-16(21)8-10-17/h3-12H,1-2H3. The molecule has 0 unspecified atom stereocenters. The van der Waals surface area contributed by atoms with Crippen LogP contribution in [0, 0.1) is 19.7 Å². The van der Waals surface area contributed by atoms with Crippen molar-refractivity contribution in [3.8, 4) is 5.69 Å². The average molecular weight is 371 g/mol. The monoisotopic (exact) mass is 370 g/mol. The van der Waals surface area contributed by atoms with Gasteiger partial charge in [-0.2, -0.15) is 0 Å². The first-order chi connectivity index (χ1) is 11.1. The first kappa shape index (κ1) is 15.7. The van der Waals surface area contributed by atoms with E-state index in [0.29, 0.717) is 0 Å². The molecule has 3 rings (SSSR count). The summed E-state index contributed by atoms with van der Waals surface area (Å²) in [7, 11) is 0. The highest BCUT2D eigenvalue weighted by Gasteiger charge is 2.09. The molecule has 0 aliphatic heterocycles. The highest BCUT2D eigenvalue weighted by atomic mass is 79.9. The highest BCUT2D eigenvalue weighted by molar-refractivity contribution is 9.10. The highest BCUT2D eigenvalue weighted by Crippen LogP contribution is 2.25.